The number of rotatable bonds is 8. The van der Waals surface area contributed by atoms with Gasteiger partial charge in [-0.15, -0.1) is 0 Å². The summed E-state index contributed by atoms with van der Waals surface area (Å²) < 4.78 is 9.62. The van der Waals surface area contributed by atoms with Crippen LogP contribution < -0.4 is 5.32 Å². The van der Waals surface area contributed by atoms with Crippen molar-refractivity contribution < 1.29 is 19.1 Å². The molecule has 1 saturated heterocycles. The first-order valence-electron chi connectivity index (χ1n) is 6.94. The average Bonchev–Trinajstić information content (AvgIpc) is 2.47. The van der Waals surface area contributed by atoms with Crippen LogP contribution in [-0.2, 0) is 19.1 Å². The van der Waals surface area contributed by atoms with Crippen LogP contribution in [0.3, 0.4) is 0 Å². The Bertz CT molecular complexity index is 306. The number of piperazine rings is 1. The summed E-state index contributed by atoms with van der Waals surface area (Å²) in [6.45, 7) is 5.31. The maximum absolute atomic E-state index is 12.3. The van der Waals surface area contributed by atoms with E-state index in [0.717, 1.165) is 26.2 Å². The highest BCUT2D eigenvalue weighted by Gasteiger charge is 2.19. The van der Waals surface area contributed by atoms with Gasteiger partial charge in [0.1, 0.15) is 0 Å². The molecule has 7 heteroatoms. The van der Waals surface area contributed by atoms with Crippen LogP contribution in [0.1, 0.15) is 6.42 Å². The summed E-state index contributed by atoms with van der Waals surface area (Å²) >= 11 is 0. The molecule has 7 nitrogen and oxygen atoms in total. The Morgan fingerprint density at radius 1 is 1.20 bits per heavy atom. The van der Waals surface area contributed by atoms with Gasteiger partial charge in [-0.3, -0.25) is 14.5 Å². The van der Waals surface area contributed by atoms with Gasteiger partial charge >= 0.3 is 5.97 Å². The van der Waals surface area contributed by atoms with Gasteiger partial charge in [0, 0.05) is 46.4 Å². The monoisotopic (exact) mass is 287 g/mol. The summed E-state index contributed by atoms with van der Waals surface area (Å²) in [5, 5.41) is 3.25. The van der Waals surface area contributed by atoms with Gasteiger partial charge in [0.05, 0.1) is 26.7 Å². The van der Waals surface area contributed by atoms with E-state index in [1.54, 1.807) is 12.0 Å². The van der Waals surface area contributed by atoms with Crippen molar-refractivity contribution in [2.45, 2.75) is 6.42 Å². The van der Waals surface area contributed by atoms with E-state index in [1.165, 1.54) is 7.11 Å². The first-order valence-corrected chi connectivity index (χ1v) is 6.94. The number of carbonyl (C=O) groups excluding carboxylic acids is 2. The molecule has 1 N–H and O–H groups in total. The van der Waals surface area contributed by atoms with Crippen molar-refractivity contribution in [1.82, 2.24) is 15.1 Å². The second-order valence-corrected chi connectivity index (χ2v) is 4.73. The molecule has 0 spiro atoms. The smallest absolute Gasteiger partial charge is 0.307 e. The summed E-state index contributed by atoms with van der Waals surface area (Å²) in [4.78, 5) is 27.3. The number of nitrogens with zero attached hydrogens (tertiary/aromatic N) is 2. The number of ether oxygens (including phenoxy) is 2. The molecule has 1 fully saturated rings. The molecule has 1 aliphatic rings. The lowest BCUT2D eigenvalue weighted by Gasteiger charge is -2.29. The highest BCUT2D eigenvalue weighted by Crippen LogP contribution is 1.99. The number of hydrogen-bond donors (Lipinski definition) is 1. The van der Waals surface area contributed by atoms with Crippen molar-refractivity contribution >= 4 is 11.9 Å². The minimum atomic E-state index is -0.303. The van der Waals surface area contributed by atoms with Crippen molar-refractivity contribution in [1.29, 1.82) is 0 Å². The first-order chi connectivity index (χ1) is 9.67. The van der Waals surface area contributed by atoms with E-state index < -0.39 is 0 Å². The largest absolute Gasteiger partial charge is 0.469 e. The summed E-state index contributed by atoms with van der Waals surface area (Å²) in [5.74, 6) is -0.268. The standard InChI is InChI=1S/C13H25N3O4/c1-19-10-9-16(6-3-13(18)20-2)12(17)11-15-7-4-14-5-8-15/h14H,3-11H2,1-2H3. The molecule has 0 saturated carbocycles. The number of amides is 1. The van der Waals surface area contributed by atoms with Gasteiger partial charge in [0.15, 0.2) is 0 Å². The highest BCUT2D eigenvalue weighted by atomic mass is 16.5. The fraction of sp³-hybridized carbons (Fsp3) is 0.846. The maximum Gasteiger partial charge on any atom is 0.307 e. The van der Waals surface area contributed by atoms with E-state index in [9.17, 15) is 9.59 Å². The van der Waals surface area contributed by atoms with Gasteiger partial charge < -0.3 is 19.7 Å². The SMILES string of the molecule is COCCN(CCC(=O)OC)C(=O)CN1CCNCC1. The topological polar surface area (TPSA) is 71.1 Å². The van der Waals surface area contributed by atoms with Crippen molar-refractivity contribution in [2.75, 3.05) is 66.6 Å². The van der Waals surface area contributed by atoms with Gasteiger partial charge in [-0.1, -0.05) is 0 Å². The van der Waals surface area contributed by atoms with Crippen LogP contribution in [-0.4, -0.2) is 88.3 Å². The molecule has 0 bridgehead atoms. The Balaban J connectivity index is 2.42. The zero-order valence-corrected chi connectivity index (χ0v) is 12.4. The molecule has 1 rings (SSSR count). The average molecular weight is 287 g/mol. The predicted octanol–water partition coefficient (Wildman–Crippen LogP) is -1.07. The summed E-state index contributed by atoms with van der Waals surface area (Å²) in [6, 6.07) is 0. The summed E-state index contributed by atoms with van der Waals surface area (Å²) in [7, 11) is 2.95. The number of esters is 1. The van der Waals surface area contributed by atoms with E-state index >= 15 is 0 Å². The van der Waals surface area contributed by atoms with Gasteiger partial charge in [0.25, 0.3) is 0 Å². The van der Waals surface area contributed by atoms with E-state index in [2.05, 4.69) is 15.0 Å². The maximum atomic E-state index is 12.3. The van der Waals surface area contributed by atoms with Gasteiger partial charge in [-0.2, -0.15) is 0 Å². The lowest BCUT2D eigenvalue weighted by Crippen LogP contribution is -2.49. The Kier molecular flexibility index (Phi) is 8.17. The molecule has 0 aromatic carbocycles. The summed E-state index contributed by atoms with van der Waals surface area (Å²) in [5.41, 5.74) is 0. The Labute approximate surface area is 120 Å². The Morgan fingerprint density at radius 2 is 1.90 bits per heavy atom. The third kappa shape index (κ3) is 6.31. The van der Waals surface area contributed by atoms with E-state index in [0.29, 0.717) is 26.2 Å². The molecule has 116 valence electrons. The van der Waals surface area contributed by atoms with Crippen LogP contribution in [0.4, 0.5) is 0 Å². The minimum absolute atomic E-state index is 0.0350. The Morgan fingerprint density at radius 3 is 2.50 bits per heavy atom. The molecule has 1 heterocycles. The molecule has 1 aliphatic heterocycles. The normalized spacial score (nSPS) is 15.9. The quantitative estimate of drug-likeness (QED) is 0.573. The number of nitrogens with one attached hydrogen (secondary N) is 1. The molecular formula is C13H25N3O4. The molecule has 0 atom stereocenters. The van der Waals surface area contributed by atoms with E-state index in [1.807, 2.05) is 0 Å². The first kappa shape index (κ1) is 16.9. The van der Waals surface area contributed by atoms with Crippen molar-refractivity contribution in [3.8, 4) is 0 Å². The van der Waals surface area contributed by atoms with Crippen LogP contribution in [0.2, 0.25) is 0 Å². The van der Waals surface area contributed by atoms with Crippen molar-refractivity contribution in [3.05, 3.63) is 0 Å². The molecule has 20 heavy (non-hydrogen) atoms. The van der Waals surface area contributed by atoms with Crippen molar-refractivity contribution in [3.63, 3.8) is 0 Å². The van der Waals surface area contributed by atoms with Gasteiger partial charge in [0.2, 0.25) is 5.91 Å². The predicted molar refractivity (Wildman–Crippen MR) is 74.4 cm³/mol. The van der Waals surface area contributed by atoms with Crippen molar-refractivity contribution in [2.24, 2.45) is 0 Å². The lowest BCUT2D eigenvalue weighted by atomic mass is 10.3. The molecule has 1 amide bonds. The van der Waals surface area contributed by atoms with E-state index in [4.69, 9.17) is 4.74 Å². The molecular weight excluding hydrogens is 262 g/mol. The zero-order chi connectivity index (χ0) is 14.8. The molecule has 0 aliphatic carbocycles. The van der Waals surface area contributed by atoms with Crippen LogP contribution in [0, 0.1) is 0 Å². The Hall–Kier alpha value is -1.18. The fourth-order valence-corrected chi connectivity index (χ4v) is 2.05. The molecule has 0 aromatic heterocycles. The van der Waals surface area contributed by atoms with Gasteiger partial charge in [-0.05, 0) is 0 Å². The molecule has 0 aromatic rings. The highest BCUT2D eigenvalue weighted by molar-refractivity contribution is 5.79. The van der Waals surface area contributed by atoms with Gasteiger partial charge in [-0.25, -0.2) is 0 Å². The van der Waals surface area contributed by atoms with Crippen LogP contribution in [0.25, 0.3) is 0 Å². The zero-order valence-electron chi connectivity index (χ0n) is 12.4. The number of methoxy groups -OCH3 is 2. The van der Waals surface area contributed by atoms with Crippen LogP contribution in [0.15, 0.2) is 0 Å². The third-order valence-electron chi connectivity index (χ3n) is 3.30. The van der Waals surface area contributed by atoms with Crippen LogP contribution in [0.5, 0.6) is 0 Å². The number of carbonyl (C=O) groups is 2. The second-order valence-electron chi connectivity index (χ2n) is 4.73. The fourth-order valence-electron chi connectivity index (χ4n) is 2.05. The summed E-state index contributed by atoms with van der Waals surface area (Å²) in [6.07, 6.45) is 0.216. The lowest BCUT2D eigenvalue weighted by molar-refractivity contribution is -0.142. The molecule has 0 unspecified atom stereocenters. The number of hydrogen-bond acceptors (Lipinski definition) is 6. The minimum Gasteiger partial charge on any atom is -0.469 e. The third-order valence-corrected chi connectivity index (χ3v) is 3.30. The van der Waals surface area contributed by atoms with Crippen LogP contribution >= 0.6 is 0 Å². The van der Waals surface area contributed by atoms with E-state index in [-0.39, 0.29) is 18.3 Å². The molecule has 0 radical (unpaired) electrons. The second kappa shape index (κ2) is 9.68.